The first-order valence-electron chi connectivity index (χ1n) is 7.64. The van der Waals surface area contributed by atoms with Crippen molar-refractivity contribution < 1.29 is 18.1 Å². The lowest BCUT2D eigenvalue weighted by atomic mass is 10.1. The second-order valence-electron chi connectivity index (χ2n) is 5.88. The fraction of sp³-hybridized carbons (Fsp3) is 0.312. The van der Waals surface area contributed by atoms with E-state index in [4.69, 9.17) is 0 Å². The predicted molar refractivity (Wildman–Crippen MR) is 94.3 cm³/mol. The van der Waals surface area contributed by atoms with Crippen molar-refractivity contribution in [3.05, 3.63) is 62.3 Å². The predicted octanol–water partition coefficient (Wildman–Crippen LogP) is 2.49. The van der Waals surface area contributed by atoms with Gasteiger partial charge in [-0.1, -0.05) is 12.1 Å². The van der Waals surface area contributed by atoms with Crippen molar-refractivity contribution in [2.24, 2.45) is 0 Å². The minimum absolute atomic E-state index is 0.0564. The molecule has 132 valence electrons. The second kappa shape index (κ2) is 6.93. The SMILES string of the molecule is O=C(c1cccc([N+](=O)[O-])c1)N(Cc1cccs1)C1CCS(=O)(=O)C1. The quantitative estimate of drug-likeness (QED) is 0.586. The van der Waals surface area contributed by atoms with Gasteiger partial charge in [0.1, 0.15) is 0 Å². The molecule has 9 heteroatoms. The Morgan fingerprint density at radius 2 is 2.12 bits per heavy atom. The highest BCUT2D eigenvalue weighted by molar-refractivity contribution is 7.91. The van der Waals surface area contributed by atoms with Gasteiger partial charge in [0.2, 0.25) is 0 Å². The molecule has 1 saturated heterocycles. The molecule has 1 fully saturated rings. The Balaban J connectivity index is 1.91. The monoisotopic (exact) mass is 380 g/mol. The van der Waals surface area contributed by atoms with Gasteiger partial charge in [-0.3, -0.25) is 14.9 Å². The molecule has 2 heterocycles. The number of carbonyl (C=O) groups is 1. The maximum absolute atomic E-state index is 13.0. The number of hydrogen-bond donors (Lipinski definition) is 0. The summed E-state index contributed by atoms with van der Waals surface area (Å²) in [6.07, 6.45) is 0.383. The maximum atomic E-state index is 13.0. The lowest BCUT2D eigenvalue weighted by Crippen LogP contribution is -2.40. The smallest absolute Gasteiger partial charge is 0.270 e. The zero-order valence-corrected chi connectivity index (χ0v) is 14.8. The summed E-state index contributed by atoms with van der Waals surface area (Å²) in [6.45, 7) is 0.291. The van der Waals surface area contributed by atoms with Crippen LogP contribution < -0.4 is 0 Å². The Bertz CT molecular complexity index is 893. The van der Waals surface area contributed by atoms with Crippen molar-refractivity contribution in [3.63, 3.8) is 0 Å². The molecule has 0 spiro atoms. The molecule has 0 N–H and O–H groups in total. The van der Waals surface area contributed by atoms with Crippen molar-refractivity contribution in [1.82, 2.24) is 4.90 Å². The Morgan fingerprint density at radius 3 is 2.72 bits per heavy atom. The fourth-order valence-corrected chi connectivity index (χ4v) is 5.31. The topological polar surface area (TPSA) is 97.6 Å². The highest BCUT2D eigenvalue weighted by Gasteiger charge is 2.35. The zero-order valence-electron chi connectivity index (χ0n) is 13.2. The van der Waals surface area contributed by atoms with E-state index in [-0.39, 0.29) is 28.7 Å². The van der Waals surface area contributed by atoms with E-state index in [0.717, 1.165) is 4.88 Å². The van der Waals surface area contributed by atoms with Crippen LogP contribution >= 0.6 is 11.3 Å². The van der Waals surface area contributed by atoms with Crippen LogP contribution in [0.1, 0.15) is 21.7 Å². The zero-order chi connectivity index (χ0) is 18.0. The van der Waals surface area contributed by atoms with Crippen molar-refractivity contribution in [1.29, 1.82) is 0 Å². The van der Waals surface area contributed by atoms with Crippen LogP contribution in [-0.4, -0.2) is 41.7 Å². The van der Waals surface area contributed by atoms with Crippen molar-refractivity contribution in [3.8, 4) is 0 Å². The molecule has 1 aliphatic heterocycles. The lowest BCUT2D eigenvalue weighted by Gasteiger charge is -2.28. The molecular formula is C16H16N2O5S2. The number of carbonyl (C=O) groups excluding carboxylic acids is 1. The molecule has 0 aliphatic carbocycles. The van der Waals surface area contributed by atoms with E-state index < -0.39 is 20.8 Å². The van der Waals surface area contributed by atoms with Crippen LogP contribution in [0.25, 0.3) is 0 Å². The van der Waals surface area contributed by atoms with Crippen LogP contribution in [0, 0.1) is 10.1 Å². The van der Waals surface area contributed by atoms with Gasteiger partial charge in [-0.15, -0.1) is 11.3 Å². The summed E-state index contributed by atoms with van der Waals surface area (Å²) in [5.41, 5.74) is 0.0241. The second-order valence-corrected chi connectivity index (χ2v) is 9.14. The third kappa shape index (κ3) is 4.05. The number of nitro benzene ring substituents is 1. The molecule has 7 nitrogen and oxygen atoms in total. The van der Waals surface area contributed by atoms with Crippen LogP contribution in [0.5, 0.6) is 0 Å². The van der Waals surface area contributed by atoms with E-state index in [1.165, 1.54) is 40.5 Å². The average Bonchev–Trinajstić information content (AvgIpc) is 3.21. The summed E-state index contributed by atoms with van der Waals surface area (Å²) in [6, 6.07) is 8.84. The summed E-state index contributed by atoms with van der Waals surface area (Å²) in [4.78, 5) is 25.8. The van der Waals surface area contributed by atoms with E-state index in [0.29, 0.717) is 13.0 Å². The van der Waals surface area contributed by atoms with E-state index in [1.54, 1.807) is 0 Å². The van der Waals surface area contributed by atoms with Gasteiger partial charge >= 0.3 is 0 Å². The van der Waals surface area contributed by atoms with Crippen LogP contribution in [0.4, 0.5) is 5.69 Å². The van der Waals surface area contributed by atoms with Crippen LogP contribution in [-0.2, 0) is 16.4 Å². The number of hydrogen-bond acceptors (Lipinski definition) is 6. The van der Waals surface area contributed by atoms with Crippen molar-refractivity contribution >= 4 is 32.8 Å². The summed E-state index contributed by atoms with van der Waals surface area (Å²) < 4.78 is 23.7. The standard InChI is InChI=1S/C16H16N2O5S2/c19-16(12-3-1-4-13(9-12)18(20)21)17(10-15-5-2-7-24-15)14-6-8-25(22,23)11-14/h1-5,7,9,14H,6,8,10-11H2. The molecule has 1 unspecified atom stereocenters. The maximum Gasteiger partial charge on any atom is 0.270 e. The van der Waals surface area contributed by atoms with Crippen LogP contribution in [0.3, 0.4) is 0 Å². The molecule has 0 saturated carbocycles. The van der Waals surface area contributed by atoms with E-state index in [2.05, 4.69) is 0 Å². The number of benzene rings is 1. The lowest BCUT2D eigenvalue weighted by molar-refractivity contribution is -0.384. The van der Waals surface area contributed by atoms with Gasteiger partial charge in [0, 0.05) is 28.6 Å². The Labute approximate surface area is 149 Å². The summed E-state index contributed by atoms with van der Waals surface area (Å²) >= 11 is 1.48. The molecule has 2 aromatic rings. The molecule has 1 aromatic carbocycles. The molecular weight excluding hydrogens is 364 g/mol. The van der Waals surface area contributed by atoms with Gasteiger partial charge in [0.05, 0.1) is 23.0 Å². The van der Waals surface area contributed by atoms with Gasteiger partial charge in [-0.2, -0.15) is 0 Å². The largest absolute Gasteiger partial charge is 0.329 e. The summed E-state index contributed by atoms with van der Waals surface area (Å²) in [5, 5.41) is 12.8. The number of thiophene rings is 1. The van der Waals surface area contributed by atoms with Gasteiger partial charge in [-0.25, -0.2) is 8.42 Å². The van der Waals surface area contributed by atoms with E-state index in [9.17, 15) is 23.3 Å². The number of amides is 1. The number of non-ortho nitro benzene ring substituents is 1. The number of nitro groups is 1. The third-order valence-corrected chi connectivity index (χ3v) is 6.73. The molecule has 0 bridgehead atoms. The molecule has 1 aliphatic rings. The van der Waals surface area contributed by atoms with Gasteiger partial charge < -0.3 is 4.90 Å². The Kier molecular flexibility index (Phi) is 4.87. The molecule has 3 rings (SSSR count). The van der Waals surface area contributed by atoms with Crippen LogP contribution in [0.2, 0.25) is 0 Å². The first-order chi connectivity index (χ1) is 11.9. The number of sulfone groups is 1. The first kappa shape index (κ1) is 17.6. The van der Waals surface area contributed by atoms with E-state index >= 15 is 0 Å². The number of rotatable bonds is 5. The summed E-state index contributed by atoms with van der Waals surface area (Å²) in [7, 11) is -3.16. The normalized spacial score (nSPS) is 18.8. The molecule has 25 heavy (non-hydrogen) atoms. The first-order valence-corrected chi connectivity index (χ1v) is 10.3. The highest BCUT2D eigenvalue weighted by Crippen LogP contribution is 2.25. The number of nitrogens with zero attached hydrogens (tertiary/aromatic N) is 2. The Morgan fingerprint density at radius 1 is 1.32 bits per heavy atom. The fourth-order valence-electron chi connectivity index (χ4n) is 2.88. The van der Waals surface area contributed by atoms with Gasteiger partial charge in [-0.05, 0) is 23.9 Å². The van der Waals surface area contributed by atoms with E-state index in [1.807, 2.05) is 17.5 Å². The average molecular weight is 380 g/mol. The molecule has 1 amide bonds. The van der Waals surface area contributed by atoms with Gasteiger partial charge in [0.15, 0.2) is 9.84 Å². The summed E-state index contributed by atoms with van der Waals surface area (Å²) in [5.74, 6) is -0.404. The van der Waals surface area contributed by atoms with Crippen molar-refractivity contribution in [2.75, 3.05) is 11.5 Å². The molecule has 0 radical (unpaired) electrons. The minimum Gasteiger partial charge on any atom is -0.329 e. The Hall–Kier alpha value is -2.26. The van der Waals surface area contributed by atoms with Crippen LogP contribution in [0.15, 0.2) is 41.8 Å². The molecule has 1 aromatic heterocycles. The third-order valence-electron chi connectivity index (χ3n) is 4.12. The molecule has 1 atom stereocenters. The van der Waals surface area contributed by atoms with Crippen molar-refractivity contribution in [2.45, 2.75) is 19.0 Å². The minimum atomic E-state index is -3.16. The van der Waals surface area contributed by atoms with Gasteiger partial charge in [0.25, 0.3) is 11.6 Å². The highest BCUT2D eigenvalue weighted by atomic mass is 32.2.